The van der Waals surface area contributed by atoms with E-state index in [0.717, 1.165) is 16.9 Å². The summed E-state index contributed by atoms with van der Waals surface area (Å²) < 4.78 is 7.45. The fraction of sp³-hybridized carbons (Fsp3) is 0.360. The van der Waals surface area contributed by atoms with E-state index in [-0.39, 0.29) is 30.0 Å². The van der Waals surface area contributed by atoms with Crippen molar-refractivity contribution in [2.45, 2.75) is 57.7 Å². The van der Waals surface area contributed by atoms with Crippen molar-refractivity contribution in [3.8, 4) is 28.9 Å². The molecule has 5 rings (SSSR count). The average Bonchev–Trinajstić information content (AvgIpc) is 3.52. The van der Waals surface area contributed by atoms with Gasteiger partial charge in [0, 0.05) is 18.3 Å². The second kappa shape index (κ2) is 9.75. The fourth-order valence-corrected chi connectivity index (χ4v) is 4.34. The minimum Gasteiger partial charge on any atom is -0.412 e. The van der Waals surface area contributed by atoms with Gasteiger partial charge < -0.3 is 20.2 Å². The zero-order valence-electron chi connectivity index (χ0n) is 20.0. The lowest BCUT2D eigenvalue weighted by Crippen LogP contribution is -2.38. The minimum atomic E-state index is -0.430. The summed E-state index contributed by atoms with van der Waals surface area (Å²) in [6.45, 7) is 4.02. The highest BCUT2D eigenvalue weighted by molar-refractivity contribution is 5.90. The maximum atomic E-state index is 12.7. The van der Waals surface area contributed by atoms with Crippen molar-refractivity contribution in [3.05, 3.63) is 48.1 Å². The number of nitrogens with one attached hydrogen (secondary N) is 2. The molecule has 0 unspecified atom stereocenters. The normalized spacial score (nSPS) is 17.8. The van der Waals surface area contributed by atoms with Gasteiger partial charge in [0.2, 0.25) is 0 Å². The van der Waals surface area contributed by atoms with Gasteiger partial charge in [-0.1, -0.05) is 0 Å². The topological polar surface area (TPSA) is 154 Å². The number of nitrogens with zero attached hydrogens (tertiary/aromatic N) is 6. The molecule has 184 valence electrons. The number of aliphatic hydroxyl groups is 1. The van der Waals surface area contributed by atoms with Gasteiger partial charge in [0.15, 0.2) is 0 Å². The Morgan fingerprint density at radius 2 is 2.00 bits per heavy atom. The average molecular weight is 487 g/mol. The smallest absolute Gasteiger partial charge is 0.309 e. The quantitative estimate of drug-likeness (QED) is 0.373. The zero-order valence-corrected chi connectivity index (χ0v) is 20.0. The molecule has 1 aliphatic rings. The molecule has 0 aromatic carbocycles. The van der Waals surface area contributed by atoms with Gasteiger partial charge in [-0.05, 0) is 63.8 Å². The van der Waals surface area contributed by atoms with Crippen LogP contribution in [0.25, 0.3) is 28.4 Å². The van der Waals surface area contributed by atoms with Gasteiger partial charge in [0.1, 0.15) is 6.07 Å². The lowest BCUT2D eigenvalue weighted by molar-refractivity contribution is 0.0837. The molecule has 0 atom stereocenters. The molecule has 11 nitrogen and oxygen atoms in total. The van der Waals surface area contributed by atoms with Gasteiger partial charge in [0.25, 0.3) is 5.89 Å². The van der Waals surface area contributed by atoms with Crippen LogP contribution in [0.1, 0.15) is 55.8 Å². The monoisotopic (exact) mass is 486 g/mol. The molecule has 11 heteroatoms. The second-order valence-corrected chi connectivity index (χ2v) is 9.22. The highest BCUT2D eigenvalue weighted by atomic mass is 16.4. The van der Waals surface area contributed by atoms with E-state index in [1.807, 2.05) is 32.0 Å². The fourth-order valence-electron chi connectivity index (χ4n) is 4.34. The van der Waals surface area contributed by atoms with Crippen molar-refractivity contribution >= 4 is 17.1 Å². The van der Waals surface area contributed by atoms with Crippen LogP contribution in [0.2, 0.25) is 0 Å². The van der Waals surface area contributed by atoms with Gasteiger partial charge in [-0.3, -0.25) is 9.78 Å². The summed E-state index contributed by atoms with van der Waals surface area (Å²) in [6.07, 6.45) is 5.58. The summed E-state index contributed by atoms with van der Waals surface area (Å²) in [5.41, 5.74) is 3.98. The van der Waals surface area contributed by atoms with Crippen molar-refractivity contribution in [1.29, 1.82) is 5.26 Å². The second-order valence-electron chi connectivity index (χ2n) is 9.22. The van der Waals surface area contributed by atoms with E-state index in [0.29, 0.717) is 42.5 Å². The molecule has 4 heterocycles. The maximum absolute atomic E-state index is 12.7. The van der Waals surface area contributed by atoms with Crippen LogP contribution >= 0.6 is 0 Å². The number of anilines is 1. The number of aliphatic hydroxyl groups excluding tert-OH is 1. The number of amides is 1. The third-order valence-corrected chi connectivity index (χ3v) is 6.12. The van der Waals surface area contributed by atoms with Crippen molar-refractivity contribution < 1.29 is 14.3 Å². The van der Waals surface area contributed by atoms with Crippen LogP contribution in [0.15, 0.2) is 41.1 Å². The van der Waals surface area contributed by atoms with Gasteiger partial charge in [0.05, 0.1) is 46.0 Å². The summed E-state index contributed by atoms with van der Waals surface area (Å²) >= 11 is 0. The highest BCUT2D eigenvalue weighted by Crippen LogP contribution is 2.31. The van der Waals surface area contributed by atoms with Crippen molar-refractivity contribution in [2.24, 2.45) is 0 Å². The molecule has 0 aliphatic heterocycles. The number of carbonyl (C=O) groups excluding carboxylic acids is 1. The summed E-state index contributed by atoms with van der Waals surface area (Å²) in [5, 5.41) is 37.5. The third kappa shape index (κ3) is 4.76. The largest absolute Gasteiger partial charge is 0.412 e. The van der Waals surface area contributed by atoms with E-state index in [1.165, 1.54) is 6.20 Å². The van der Waals surface area contributed by atoms with E-state index < -0.39 is 5.91 Å². The number of rotatable bonds is 6. The number of pyridine rings is 1. The summed E-state index contributed by atoms with van der Waals surface area (Å²) in [4.78, 5) is 17.2. The first-order valence-electron chi connectivity index (χ1n) is 11.9. The molecule has 0 bridgehead atoms. The first-order valence-corrected chi connectivity index (χ1v) is 11.9. The molecule has 1 fully saturated rings. The molecule has 0 saturated heterocycles. The number of hydrogen-bond donors (Lipinski definition) is 3. The van der Waals surface area contributed by atoms with E-state index in [9.17, 15) is 9.90 Å². The lowest BCUT2D eigenvalue weighted by Gasteiger charge is -2.25. The third-order valence-electron chi connectivity index (χ3n) is 6.12. The Morgan fingerprint density at radius 3 is 2.75 bits per heavy atom. The van der Waals surface area contributed by atoms with E-state index in [1.54, 1.807) is 16.8 Å². The molecule has 1 aliphatic carbocycles. The number of aromatic nitrogens is 5. The first kappa shape index (κ1) is 23.4. The van der Waals surface area contributed by atoms with E-state index >= 15 is 0 Å². The van der Waals surface area contributed by atoms with Gasteiger partial charge in [-0.15, -0.1) is 10.2 Å². The van der Waals surface area contributed by atoms with Crippen LogP contribution in [0.4, 0.5) is 5.69 Å². The zero-order chi connectivity index (χ0) is 25.2. The van der Waals surface area contributed by atoms with Crippen LogP contribution in [0.5, 0.6) is 0 Å². The molecular weight excluding hydrogens is 460 g/mol. The molecule has 4 aromatic rings. The Labute approximate surface area is 207 Å². The lowest BCUT2D eigenvalue weighted by atomic mass is 9.93. The summed E-state index contributed by atoms with van der Waals surface area (Å²) in [6, 6.07) is 9.58. The maximum Gasteiger partial charge on any atom is 0.309 e. The predicted molar refractivity (Wildman–Crippen MR) is 131 cm³/mol. The van der Waals surface area contributed by atoms with E-state index in [2.05, 4.69) is 37.0 Å². The van der Waals surface area contributed by atoms with Crippen LogP contribution in [0, 0.1) is 11.3 Å². The van der Waals surface area contributed by atoms with Crippen LogP contribution < -0.4 is 10.6 Å². The van der Waals surface area contributed by atoms with Gasteiger partial charge in [-0.2, -0.15) is 10.4 Å². The first-order chi connectivity index (χ1) is 17.4. The van der Waals surface area contributed by atoms with Crippen molar-refractivity contribution in [2.75, 3.05) is 5.32 Å². The number of fused-ring (bicyclic) bond motifs is 1. The van der Waals surface area contributed by atoms with Gasteiger partial charge in [-0.25, -0.2) is 4.52 Å². The molecule has 0 spiro atoms. The molecule has 1 amide bonds. The Morgan fingerprint density at radius 1 is 1.19 bits per heavy atom. The Balaban J connectivity index is 1.43. The molecule has 36 heavy (non-hydrogen) atoms. The molecule has 3 N–H and O–H groups in total. The highest BCUT2D eigenvalue weighted by Gasteiger charge is 2.25. The van der Waals surface area contributed by atoms with Crippen LogP contribution in [0.3, 0.4) is 0 Å². The number of nitriles is 1. The Kier molecular flexibility index (Phi) is 6.35. The predicted octanol–water partition coefficient (Wildman–Crippen LogP) is 3.17. The molecular formula is C25H26N8O3. The Hall–Kier alpha value is -4.30. The van der Waals surface area contributed by atoms with Crippen LogP contribution in [-0.4, -0.2) is 54.0 Å². The van der Waals surface area contributed by atoms with Crippen LogP contribution in [-0.2, 0) is 0 Å². The SMILES string of the molecule is CC(C)Nc1cc(-c2ccc3cc(C#N)cnn23)ncc1-c1nnc(C(=O)NC2CCC(O)CC2)o1. The summed E-state index contributed by atoms with van der Waals surface area (Å²) in [5.74, 6) is -0.371. The van der Waals surface area contributed by atoms with Gasteiger partial charge >= 0.3 is 11.8 Å². The van der Waals surface area contributed by atoms with E-state index in [4.69, 9.17) is 9.68 Å². The standard InChI is InChI=1S/C25H26N8O3/c1-14(2)29-20-10-21(22-8-5-17-9-15(11-26)12-28-33(17)22)27-13-19(20)24-31-32-25(36-24)23(35)30-16-3-6-18(34)7-4-16/h5,8-10,12-14,16,18,34H,3-4,6-7H2,1-2H3,(H,27,29)(H,30,35). The molecule has 0 radical (unpaired) electrons. The summed E-state index contributed by atoms with van der Waals surface area (Å²) in [7, 11) is 0. The molecule has 4 aromatic heterocycles. The minimum absolute atomic E-state index is 0.0231. The number of carbonyl (C=O) groups is 1. The van der Waals surface area contributed by atoms with Crippen molar-refractivity contribution in [1.82, 2.24) is 30.1 Å². The number of hydrogen-bond acceptors (Lipinski definition) is 9. The molecule has 1 saturated carbocycles. The Bertz CT molecular complexity index is 1440. The van der Waals surface area contributed by atoms with Crippen molar-refractivity contribution in [3.63, 3.8) is 0 Å².